The average Bonchev–Trinajstić information content (AvgIpc) is 3.11. The minimum atomic E-state index is 0.234. The van der Waals surface area contributed by atoms with Crippen molar-refractivity contribution in [3.05, 3.63) is 0 Å². The third-order valence-electron chi connectivity index (χ3n) is 5.68. The summed E-state index contributed by atoms with van der Waals surface area (Å²) in [6.45, 7) is 9.29. The van der Waals surface area contributed by atoms with Gasteiger partial charge in [-0.05, 0) is 51.0 Å². The van der Waals surface area contributed by atoms with Crippen LogP contribution in [0.3, 0.4) is 0 Å². The molecule has 2 fully saturated rings. The van der Waals surface area contributed by atoms with Gasteiger partial charge < -0.3 is 5.73 Å². The molecule has 0 bridgehead atoms. The van der Waals surface area contributed by atoms with Crippen LogP contribution in [0.15, 0.2) is 0 Å². The normalized spacial score (nSPS) is 32.8. The topological polar surface area (TPSA) is 29.3 Å². The predicted molar refractivity (Wildman–Crippen MR) is 74.1 cm³/mol. The van der Waals surface area contributed by atoms with Crippen LogP contribution < -0.4 is 5.73 Å². The van der Waals surface area contributed by atoms with Crippen LogP contribution in [0, 0.1) is 5.41 Å². The molecule has 0 amide bonds. The van der Waals surface area contributed by atoms with Crippen molar-refractivity contribution >= 4 is 0 Å². The molecule has 0 aromatic heterocycles. The van der Waals surface area contributed by atoms with Crippen molar-refractivity contribution < 1.29 is 0 Å². The molecule has 2 nitrogen and oxygen atoms in total. The number of hydrogen-bond acceptors (Lipinski definition) is 2. The third-order valence-corrected chi connectivity index (χ3v) is 5.68. The van der Waals surface area contributed by atoms with Crippen molar-refractivity contribution in [3.63, 3.8) is 0 Å². The van der Waals surface area contributed by atoms with E-state index >= 15 is 0 Å². The van der Waals surface area contributed by atoms with Gasteiger partial charge in [0.25, 0.3) is 0 Å². The Balaban J connectivity index is 2.20. The molecule has 2 unspecified atom stereocenters. The summed E-state index contributed by atoms with van der Waals surface area (Å²) in [4.78, 5) is 2.78. The Labute approximate surface area is 107 Å². The molecular weight excluding hydrogens is 208 g/mol. The minimum Gasteiger partial charge on any atom is -0.329 e. The Morgan fingerprint density at radius 3 is 2.53 bits per heavy atom. The number of nitrogens with zero attached hydrogens (tertiary/aromatic N) is 1. The molecule has 0 aromatic rings. The van der Waals surface area contributed by atoms with Crippen LogP contribution in [0.4, 0.5) is 0 Å². The fraction of sp³-hybridized carbons (Fsp3) is 1.00. The molecular formula is C15H30N2. The van der Waals surface area contributed by atoms with Gasteiger partial charge in [0.2, 0.25) is 0 Å². The van der Waals surface area contributed by atoms with Crippen LogP contribution in [0.2, 0.25) is 0 Å². The molecule has 2 N–H and O–H groups in total. The van der Waals surface area contributed by atoms with E-state index in [0.717, 1.165) is 12.6 Å². The van der Waals surface area contributed by atoms with E-state index in [1.807, 2.05) is 0 Å². The summed E-state index contributed by atoms with van der Waals surface area (Å²) >= 11 is 0. The maximum absolute atomic E-state index is 6.19. The average molecular weight is 238 g/mol. The van der Waals surface area contributed by atoms with Gasteiger partial charge in [0.15, 0.2) is 0 Å². The lowest BCUT2D eigenvalue weighted by atomic mass is 9.80. The van der Waals surface area contributed by atoms with Gasteiger partial charge >= 0.3 is 0 Å². The maximum Gasteiger partial charge on any atom is 0.0359 e. The largest absolute Gasteiger partial charge is 0.329 e. The van der Waals surface area contributed by atoms with Gasteiger partial charge in [0.1, 0.15) is 0 Å². The van der Waals surface area contributed by atoms with E-state index in [9.17, 15) is 0 Å². The zero-order chi connectivity index (χ0) is 12.5. The van der Waals surface area contributed by atoms with E-state index in [1.54, 1.807) is 0 Å². The van der Waals surface area contributed by atoms with Gasteiger partial charge in [0.05, 0.1) is 0 Å². The Kier molecular flexibility index (Phi) is 3.84. The van der Waals surface area contributed by atoms with Crippen molar-refractivity contribution in [2.24, 2.45) is 11.1 Å². The maximum atomic E-state index is 6.19. The molecule has 1 aliphatic heterocycles. The fourth-order valence-electron chi connectivity index (χ4n) is 3.69. The quantitative estimate of drug-likeness (QED) is 0.815. The molecule has 1 heterocycles. The van der Waals surface area contributed by atoms with E-state index in [2.05, 4.69) is 25.7 Å². The minimum absolute atomic E-state index is 0.234. The first-order valence-electron chi connectivity index (χ1n) is 7.54. The molecule has 17 heavy (non-hydrogen) atoms. The highest BCUT2D eigenvalue weighted by atomic mass is 15.3. The van der Waals surface area contributed by atoms with Crippen LogP contribution in [-0.4, -0.2) is 29.6 Å². The molecule has 0 radical (unpaired) electrons. The molecule has 0 spiro atoms. The zero-order valence-corrected chi connectivity index (χ0v) is 12.0. The second-order valence-corrected chi connectivity index (χ2v) is 6.64. The molecule has 100 valence electrons. The Morgan fingerprint density at radius 1 is 1.29 bits per heavy atom. The number of rotatable bonds is 4. The predicted octanol–water partition coefficient (Wildman–Crippen LogP) is 3.16. The van der Waals surface area contributed by atoms with Crippen LogP contribution in [-0.2, 0) is 0 Å². The zero-order valence-electron chi connectivity index (χ0n) is 12.0. The van der Waals surface area contributed by atoms with Gasteiger partial charge in [-0.15, -0.1) is 0 Å². The second-order valence-electron chi connectivity index (χ2n) is 6.64. The molecule has 2 rings (SSSR count). The lowest BCUT2D eigenvalue weighted by Gasteiger charge is -2.49. The van der Waals surface area contributed by atoms with Crippen LogP contribution in [0.25, 0.3) is 0 Å². The molecule has 2 heteroatoms. The second kappa shape index (κ2) is 4.89. The molecule has 1 aliphatic carbocycles. The van der Waals surface area contributed by atoms with Gasteiger partial charge in [-0.3, -0.25) is 4.90 Å². The van der Waals surface area contributed by atoms with Crippen LogP contribution >= 0.6 is 0 Å². The fourth-order valence-corrected chi connectivity index (χ4v) is 3.69. The first kappa shape index (κ1) is 13.4. The van der Waals surface area contributed by atoms with Crippen LogP contribution in [0.1, 0.15) is 65.7 Å². The molecule has 2 aliphatic rings. The summed E-state index contributed by atoms with van der Waals surface area (Å²) < 4.78 is 0. The van der Waals surface area contributed by atoms with Gasteiger partial charge in [0, 0.05) is 18.1 Å². The summed E-state index contributed by atoms with van der Waals surface area (Å²) in [5.41, 5.74) is 6.91. The van der Waals surface area contributed by atoms with Gasteiger partial charge in [-0.1, -0.05) is 26.7 Å². The third kappa shape index (κ3) is 2.26. The van der Waals surface area contributed by atoms with Gasteiger partial charge in [-0.25, -0.2) is 0 Å². The number of hydrogen-bond donors (Lipinski definition) is 1. The van der Waals surface area contributed by atoms with E-state index < -0.39 is 0 Å². The van der Waals surface area contributed by atoms with Crippen molar-refractivity contribution in [2.45, 2.75) is 77.3 Å². The Hall–Kier alpha value is -0.0800. The van der Waals surface area contributed by atoms with Crippen LogP contribution in [0.5, 0.6) is 0 Å². The Morgan fingerprint density at radius 2 is 2.00 bits per heavy atom. The molecule has 1 saturated heterocycles. The summed E-state index contributed by atoms with van der Waals surface area (Å²) in [6, 6.07) is 0.767. The van der Waals surface area contributed by atoms with Crippen molar-refractivity contribution in [3.8, 4) is 0 Å². The Bertz CT molecular complexity index is 260. The SMILES string of the molecule is CCC1CCCCCN1C(C)(CN)C1(C)CC1. The molecule has 2 atom stereocenters. The lowest BCUT2D eigenvalue weighted by molar-refractivity contribution is 0.0101. The standard InChI is InChI=1S/C15H30N2/c1-4-13-8-6-5-7-11-17(13)15(3,12-16)14(2)9-10-14/h13H,4-12,16H2,1-3H3. The molecule has 0 aromatic carbocycles. The summed E-state index contributed by atoms with van der Waals surface area (Å²) in [6.07, 6.45) is 9.58. The van der Waals surface area contributed by atoms with Crippen molar-refractivity contribution in [2.75, 3.05) is 13.1 Å². The first-order valence-corrected chi connectivity index (χ1v) is 7.54. The summed E-state index contributed by atoms with van der Waals surface area (Å²) in [5.74, 6) is 0. The van der Waals surface area contributed by atoms with Gasteiger partial charge in [-0.2, -0.15) is 0 Å². The summed E-state index contributed by atoms with van der Waals surface area (Å²) in [7, 11) is 0. The van der Waals surface area contributed by atoms with E-state index in [0.29, 0.717) is 5.41 Å². The summed E-state index contributed by atoms with van der Waals surface area (Å²) in [5, 5.41) is 0. The molecule has 1 saturated carbocycles. The van der Waals surface area contributed by atoms with Crippen molar-refractivity contribution in [1.29, 1.82) is 0 Å². The highest BCUT2D eigenvalue weighted by Crippen LogP contribution is 2.56. The highest BCUT2D eigenvalue weighted by molar-refractivity contribution is 5.10. The van der Waals surface area contributed by atoms with E-state index in [4.69, 9.17) is 5.73 Å². The smallest absolute Gasteiger partial charge is 0.0359 e. The first-order chi connectivity index (χ1) is 8.07. The lowest BCUT2D eigenvalue weighted by Crippen LogP contribution is -2.60. The van der Waals surface area contributed by atoms with E-state index in [-0.39, 0.29) is 5.54 Å². The highest BCUT2D eigenvalue weighted by Gasteiger charge is 2.55. The van der Waals surface area contributed by atoms with Crippen molar-refractivity contribution in [1.82, 2.24) is 4.90 Å². The number of nitrogens with two attached hydrogens (primary N) is 1. The van der Waals surface area contributed by atoms with E-state index in [1.165, 1.54) is 51.5 Å². The monoisotopic (exact) mass is 238 g/mol. The number of likely N-dealkylation sites (tertiary alicyclic amines) is 1.